The topological polar surface area (TPSA) is 37.4 Å². The molecule has 0 N–H and O–H groups in total. The first-order chi connectivity index (χ1) is 13.0. The summed E-state index contributed by atoms with van der Waals surface area (Å²) in [7, 11) is 0. The minimum atomic E-state index is -0.969. The van der Waals surface area contributed by atoms with Gasteiger partial charge in [0, 0.05) is 22.7 Å². The molecule has 1 amide bonds. The average Bonchev–Trinajstić information content (AvgIpc) is 2.90. The summed E-state index contributed by atoms with van der Waals surface area (Å²) >= 11 is 6.23. The van der Waals surface area contributed by atoms with Gasteiger partial charge in [-0.05, 0) is 42.8 Å². The highest BCUT2D eigenvalue weighted by molar-refractivity contribution is 6.31. The number of anilines is 2. The van der Waals surface area contributed by atoms with Crippen molar-refractivity contribution in [3.8, 4) is 0 Å². The first kappa shape index (κ1) is 17.5. The Kier molecular flexibility index (Phi) is 4.33. The summed E-state index contributed by atoms with van der Waals surface area (Å²) in [6, 6.07) is 24.0. The zero-order chi connectivity index (χ0) is 19.0. The van der Waals surface area contributed by atoms with Crippen molar-refractivity contribution in [1.29, 1.82) is 0 Å². The van der Waals surface area contributed by atoms with Crippen LogP contribution in [0.15, 0.2) is 78.9 Å². The summed E-state index contributed by atoms with van der Waals surface area (Å²) in [6.07, 6.45) is 0.0898. The fraction of sp³-hybridized carbons (Fsp3) is 0.130. The number of hydrogen-bond acceptors (Lipinski definition) is 2. The van der Waals surface area contributed by atoms with Crippen molar-refractivity contribution in [2.24, 2.45) is 0 Å². The van der Waals surface area contributed by atoms with E-state index < -0.39 is 5.41 Å². The fourth-order valence-corrected chi connectivity index (χ4v) is 3.84. The Morgan fingerprint density at radius 2 is 1.59 bits per heavy atom. The lowest BCUT2D eigenvalue weighted by atomic mass is 9.78. The minimum Gasteiger partial charge on any atom is -0.294 e. The Morgan fingerprint density at radius 1 is 0.963 bits per heavy atom. The van der Waals surface area contributed by atoms with Crippen LogP contribution in [0.4, 0.5) is 11.4 Å². The molecule has 0 aliphatic carbocycles. The number of rotatable bonds is 4. The summed E-state index contributed by atoms with van der Waals surface area (Å²) < 4.78 is 0. The average molecular weight is 376 g/mol. The van der Waals surface area contributed by atoms with E-state index in [0.717, 1.165) is 16.9 Å². The van der Waals surface area contributed by atoms with E-state index >= 15 is 0 Å². The van der Waals surface area contributed by atoms with Crippen molar-refractivity contribution in [2.75, 3.05) is 4.90 Å². The van der Waals surface area contributed by atoms with Crippen LogP contribution in [-0.2, 0) is 10.2 Å². The standard InChI is InChI=1S/C23H18ClNO2/c1-23(15-21(26)16-8-4-2-5-9-16)19-14-17(24)12-13-20(19)25(22(23)27)18-10-6-3-7-11-18/h2-14H,15H2,1H3. The van der Waals surface area contributed by atoms with E-state index in [1.807, 2.05) is 61.5 Å². The summed E-state index contributed by atoms with van der Waals surface area (Å²) in [5.74, 6) is -0.178. The van der Waals surface area contributed by atoms with Crippen molar-refractivity contribution in [3.05, 3.63) is 95.0 Å². The second-order valence-electron chi connectivity index (χ2n) is 6.94. The van der Waals surface area contributed by atoms with Gasteiger partial charge in [0.2, 0.25) is 5.91 Å². The summed E-state index contributed by atoms with van der Waals surface area (Å²) in [4.78, 5) is 28.1. The molecule has 1 unspecified atom stereocenters. The predicted molar refractivity (Wildman–Crippen MR) is 108 cm³/mol. The third kappa shape index (κ3) is 2.94. The number of carbonyl (C=O) groups is 2. The van der Waals surface area contributed by atoms with Crippen LogP contribution in [0, 0.1) is 0 Å². The van der Waals surface area contributed by atoms with E-state index in [9.17, 15) is 9.59 Å². The highest BCUT2D eigenvalue weighted by Crippen LogP contribution is 2.48. The van der Waals surface area contributed by atoms with E-state index in [2.05, 4.69) is 0 Å². The minimum absolute atomic E-state index is 0.0627. The predicted octanol–water partition coefficient (Wildman–Crippen LogP) is 5.55. The Hall–Kier alpha value is -2.91. The van der Waals surface area contributed by atoms with E-state index in [1.54, 1.807) is 29.2 Å². The van der Waals surface area contributed by atoms with Crippen molar-refractivity contribution in [2.45, 2.75) is 18.8 Å². The van der Waals surface area contributed by atoms with Crippen molar-refractivity contribution in [3.63, 3.8) is 0 Å². The molecule has 3 aromatic carbocycles. The lowest BCUT2D eigenvalue weighted by molar-refractivity contribution is -0.121. The molecule has 1 aliphatic rings. The number of Topliss-reactive ketones (excluding diaryl/α,β-unsaturated/α-hetero) is 1. The van der Waals surface area contributed by atoms with Crippen LogP contribution in [0.2, 0.25) is 5.02 Å². The van der Waals surface area contributed by atoms with Crippen LogP contribution in [-0.4, -0.2) is 11.7 Å². The van der Waals surface area contributed by atoms with Gasteiger partial charge in [0.05, 0.1) is 11.1 Å². The second-order valence-corrected chi connectivity index (χ2v) is 7.37. The quantitative estimate of drug-likeness (QED) is 0.561. The molecule has 0 saturated carbocycles. The van der Waals surface area contributed by atoms with Crippen LogP contribution < -0.4 is 4.90 Å². The van der Waals surface area contributed by atoms with E-state index in [1.165, 1.54) is 0 Å². The van der Waals surface area contributed by atoms with Gasteiger partial charge in [0.1, 0.15) is 0 Å². The molecule has 3 aromatic rings. The Morgan fingerprint density at radius 3 is 2.26 bits per heavy atom. The van der Waals surface area contributed by atoms with E-state index in [4.69, 9.17) is 11.6 Å². The molecule has 4 heteroatoms. The molecule has 1 aliphatic heterocycles. The molecule has 27 heavy (non-hydrogen) atoms. The zero-order valence-electron chi connectivity index (χ0n) is 14.9. The Labute approximate surface area is 163 Å². The molecule has 4 rings (SSSR count). The Bertz CT molecular complexity index is 1020. The maximum Gasteiger partial charge on any atom is 0.242 e. The molecule has 0 bridgehead atoms. The number of ketones is 1. The van der Waals surface area contributed by atoms with Crippen molar-refractivity contribution < 1.29 is 9.59 Å². The monoisotopic (exact) mass is 375 g/mol. The molecule has 1 heterocycles. The van der Waals surface area contributed by atoms with Crippen LogP contribution in [0.3, 0.4) is 0 Å². The fourth-order valence-electron chi connectivity index (χ4n) is 3.67. The summed E-state index contributed by atoms with van der Waals surface area (Å²) in [5, 5.41) is 0.551. The van der Waals surface area contributed by atoms with Gasteiger partial charge >= 0.3 is 0 Å². The van der Waals surface area contributed by atoms with Gasteiger partial charge in [0.25, 0.3) is 0 Å². The highest BCUT2D eigenvalue weighted by atomic mass is 35.5. The summed E-state index contributed by atoms with van der Waals surface area (Å²) in [5.41, 5.74) is 1.98. The molecule has 0 spiro atoms. The number of amides is 1. The first-order valence-electron chi connectivity index (χ1n) is 8.78. The molecule has 0 aromatic heterocycles. The van der Waals surface area contributed by atoms with Crippen LogP contribution in [0.1, 0.15) is 29.3 Å². The van der Waals surface area contributed by atoms with Crippen LogP contribution >= 0.6 is 11.6 Å². The number of halogens is 1. The SMILES string of the molecule is CC1(CC(=O)c2ccccc2)C(=O)N(c2ccccc2)c2ccc(Cl)cc21. The van der Waals surface area contributed by atoms with E-state index in [0.29, 0.717) is 10.6 Å². The van der Waals surface area contributed by atoms with Crippen LogP contribution in [0.5, 0.6) is 0 Å². The van der Waals surface area contributed by atoms with Gasteiger partial charge in [-0.1, -0.05) is 60.1 Å². The smallest absolute Gasteiger partial charge is 0.242 e. The molecule has 0 radical (unpaired) electrons. The number of benzene rings is 3. The normalized spacial score (nSPS) is 18.4. The molecule has 3 nitrogen and oxygen atoms in total. The summed E-state index contributed by atoms with van der Waals surface area (Å²) in [6.45, 7) is 1.83. The van der Waals surface area contributed by atoms with Crippen LogP contribution in [0.25, 0.3) is 0 Å². The van der Waals surface area contributed by atoms with E-state index in [-0.39, 0.29) is 18.1 Å². The number of nitrogens with zero attached hydrogens (tertiary/aromatic N) is 1. The van der Waals surface area contributed by atoms with Gasteiger partial charge in [-0.2, -0.15) is 0 Å². The highest BCUT2D eigenvalue weighted by Gasteiger charge is 2.49. The number of para-hydroxylation sites is 1. The maximum absolute atomic E-state index is 13.5. The lowest BCUT2D eigenvalue weighted by Crippen LogP contribution is -2.37. The van der Waals surface area contributed by atoms with Gasteiger partial charge in [-0.3, -0.25) is 14.5 Å². The van der Waals surface area contributed by atoms with Gasteiger partial charge in [0.15, 0.2) is 5.78 Å². The van der Waals surface area contributed by atoms with Gasteiger partial charge in [-0.15, -0.1) is 0 Å². The Balaban J connectivity index is 1.80. The molecule has 0 saturated heterocycles. The number of fused-ring (bicyclic) bond motifs is 1. The van der Waals surface area contributed by atoms with Crippen molar-refractivity contribution >= 4 is 34.7 Å². The zero-order valence-corrected chi connectivity index (χ0v) is 15.6. The van der Waals surface area contributed by atoms with Crippen molar-refractivity contribution in [1.82, 2.24) is 0 Å². The maximum atomic E-state index is 13.5. The third-order valence-electron chi connectivity index (χ3n) is 5.09. The van der Waals surface area contributed by atoms with Gasteiger partial charge in [-0.25, -0.2) is 0 Å². The molecular formula is C23H18ClNO2. The number of hydrogen-bond donors (Lipinski definition) is 0. The largest absolute Gasteiger partial charge is 0.294 e. The lowest BCUT2D eigenvalue weighted by Gasteiger charge is -2.24. The van der Waals surface area contributed by atoms with Gasteiger partial charge < -0.3 is 0 Å². The second kappa shape index (κ2) is 6.67. The molecule has 134 valence electrons. The molecule has 1 atom stereocenters. The molecular weight excluding hydrogens is 358 g/mol. The molecule has 0 fully saturated rings. The third-order valence-corrected chi connectivity index (χ3v) is 5.33. The number of carbonyl (C=O) groups excluding carboxylic acids is 2. The first-order valence-corrected chi connectivity index (χ1v) is 9.16.